The van der Waals surface area contributed by atoms with Crippen LogP contribution in [0, 0.1) is 0 Å². The summed E-state index contributed by atoms with van der Waals surface area (Å²) in [5, 5.41) is 3.75. The van der Waals surface area contributed by atoms with Crippen LogP contribution in [-0.4, -0.2) is 15.9 Å². The van der Waals surface area contributed by atoms with Gasteiger partial charge < -0.3 is 10.3 Å². The second-order valence-corrected chi connectivity index (χ2v) is 7.59. The van der Waals surface area contributed by atoms with Gasteiger partial charge in [0.05, 0.1) is 5.03 Å². The number of anilines is 1. The van der Waals surface area contributed by atoms with Gasteiger partial charge in [0, 0.05) is 23.3 Å². The number of rotatable bonds is 6. The van der Waals surface area contributed by atoms with Crippen molar-refractivity contribution in [2.24, 2.45) is 0 Å². The molecule has 2 aromatic heterocycles. The molecule has 0 atom stereocenters. The Bertz CT molecular complexity index is 1210. The lowest BCUT2D eigenvalue weighted by atomic mass is 10.1. The first-order chi connectivity index (χ1) is 14.7. The SMILES string of the molecule is O=C(Nc1cccc(CSc2ccccn2)c1)c1ccc(-c2ccccc2)[nH]c1=O. The zero-order valence-electron chi connectivity index (χ0n) is 16.0. The molecular weight excluding hydrogens is 394 g/mol. The molecular formula is C24H19N3O2S. The highest BCUT2D eigenvalue weighted by molar-refractivity contribution is 7.98. The first-order valence-electron chi connectivity index (χ1n) is 9.42. The van der Waals surface area contributed by atoms with Gasteiger partial charge in [0.1, 0.15) is 5.56 Å². The maximum absolute atomic E-state index is 12.6. The lowest BCUT2D eigenvalue weighted by Gasteiger charge is -2.08. The summed E-state index contributed by atoms with van der Waals surface area (Å²) < 4.78 is 0. The van der Waals surface area contributed by atoms with Crippen LogP contribution in [0.15, 0.2) is 101 Å². The van der Waals surface area contributed by atoms with Gasteiger partial charge >= 0.3 is 0 Å². The molecule has 6 heteroatoms. The molecule has 30 heavy (non-hydrogen) atoms. The molecule has 4 rings (SSSR count). The van der Waals surface area contributed by atoms with Crippen molar-refractivity contribution in [3.05, 3.63) is 113 Å². The second kappa shape index (κ2) is 9.24. The molecule has 0 aliphatic heterocycles. The fourth-order valence-corrected chi connectivity index (χ4v) is 3.77. The molecule has 148 valence electrons. The number of hydrogen-bond donors (Lipinski definition) is 2. The fraction of sp³-hybridized carbons (Fsp3) is 0.0417. The Morgan fingerprint density at radius 1 is 0.933 bits per heavy atom. The van der Waals surface area contributed by atoms with Crippen molar-refractivity contribution in [3.63, 3.8) is 0 Å². The quantitative estimate of drug-likeness (QED) is 0.437. The standard InChI is InChI=1S/C24H19N3O2S/c28-23(20-12-13-21(27-24(20)29)18-8-2-1-3-9-18)26-19-10-6-7-17(15-19)16-30-22-11-4-5-14-25-22/h1-15H,16H2,(H,26,28)(H,27,29). The van der Waals surface area contributed by atoms with Crippen molar-refractivity contribution in [3.8, 4) is 11.3 Å². The summed E-state index contributed by atoms with van der Waals surface area (Å²) >= 11 is 1.62. The van der Waals surface area contributed by atoms with E-state index < -0.39 is 11.5 Å². The number of aromatic nitrogens is 2. The van der Waals surface area contributed by atoms with Gasteiger partial charge in [-0.25, -0.2) is 4.98 Å². The lowest BCUT2D eigenvalue weighted by molar-refractivity contribution is 0.102. The number of pyridine rings is 2. The summed E-state index contributed by atoms with van der Waals surface area (Å²) in [6, 6.07) is 26.2. The summed E-state index contributed by atoms with van der Waals surface area (Å²) in [5.74, 6) is 0.290. The number of H-pyrrole nitrogens is 1. The fourth-order valence-electron chi connectivity index (χ4n) is 2.97. The predicted molar refractivity (Wildman–Crippen MR) is 121 cm³/mol. The zero-order valence-corrected chi connectivity index (χ0v) is 16.9. The van der Waals surface area contributed by atoms with E-state index in [4.69, 9.17) is 0 Å². The molecule has 0 aliphatic rings. The number of nitrogens with zero attached hydrogens (tertiary/aromatic N) is 1. The van der Waals surface area contributed by atoms with E-state index in [2.05, 4.69) is 15.3 Å². The Morgan fingerprint density at radius 2 is 1.77 bits per heavy atom. The number of nitrogens with one attached hydrogen (secondary N) is 2. The van der Waals surface area contributed by atoms with Crippen molar-refractivity contribution in [1.29, 1.82) is 0 Å². The van der Waals surface area contributed by atoms with Gasteiger partial charge in [-0.2, -0.15) is 0 Å². The topological polar surface area (TPSA) is 74.8 Å². The van der Waals surface area contributed by atoms with Crippen molar-refractivity contribution in [1.82, 2.24) is 9.97 Å². The normalized spacial score (nSPS) is 10.5. The van der Waals surface area contributed by atoms with Gasteiger partial charge in [-0.15, -0.1) is 11.8 Å². The Balaban J connectivity index is 1.45. The molecule has 2 aromatic carbocycles. The molecule has 0 bridgehead atoms. The van der Waals surface area contributed by atoms with E-state index in [0.717, 1.165) is 21.9 Å². The van der Waals surface area contributed by atoms with E-state index in [9.17, 15) is 9.59 Å². The second-order valence-electron chi connectivity index (χ2n) is 6.59. The number of thioether (sulfide) groups is 1. The van der Waals surface area contributed by atoms with Crippen LogP contribution in [0.4, 0.5) is 5.69 Å². The third kappa shape index (κ3) is 4.85. The number of hydrogen-bond acceptors (Lipinski definition) is 4. The van der Waals surface area contributed by atoms with Crippen LogP contribution in [0.2, 0.25) is 0 Å². The maximum atomic E-state index is 12.6. The average molecular weight is 414 g/mol. The minimum Gasteiger partial charge on any atom is -0.322 e. The molecule has 1 amide bonds. The van der Waals surface area contributed by atoms with Crippen LogP contribution in [-0.2, 0) is 5.75 Å². The molecule has 5 nitrogen and oxygen atoms in total. The number of amides is 1. The smallest absolute Gasteiger partial charge is 0.261 e. The van der Waals surface area contributed by atoms with Crippen LogP contribution in [0.1, 0.15) is 15.9 Å². The van der Waals surface area contributed by atoms with Gasteiger partial charge in [-0.05, 0) is 47.5 Å². The van der Waals surface area contributed by atoms with Gasteiger partial charge in [0.15, 0.2) is 0 Å². The van der Waals surface area contributed by atoms with Crippen LogP contribution in [0.5, 0.6) is 0 Å². The zero-order chi connectivity index (χ0) is 20.8. The maximum Gasteiger partial charge on any atom is 0.261 e. The molecule has 0 radical (unpaired) electrons. The molecule has 0 aliphatic carbocycles. The largest absolute Gasteiger partial charge is 0.322 e. The van der Waals surface area contributed by atoms with Crippen LogP contribution >= 0.6 is 11.8 Å². The van der Waals surface area contributed by atoms with E-state index >= 15 is 0 Å². The minimum absolute atomic E-state index is 0.0722. The van der Waals surface area contributed by atoms with E-state index in [1.165, 1.54) is 0 Å². The molecule has 2 heterocycles. The van der Waals surface area contributed by atoms with E-state index in [0.29, 0.717) is 11.4 Å². The number of carbonyl (C=O) groups is 1. The first-order valence-corrected chi connectivity index (χ1v) is 10.4. The highest BCUT2D eigenvalue weighted by Gasteiger charge is 2.12. The van der Waals surface area contributed by atoms with Crippen molar-refractivity contribution < 1.29 is 4.79 Å². The predicted octanol–water partition coefficient (Wildman–Crippen LogP) is 4.98. The summed E-state index contributed by atoms with van der Waals surface area (Å²) in [7, 11) is 0. The number of benzene rings is 2. The Morgan fingerprint density at radius 3 is 2.53 bits per heavy atom. The summed E-state index contributed by atoms with van der Waals surface area (Å²) in [5.41, 5.74) is 2.91. The third-order valence-electron chi connectivity index (χ3n) is 4.45. The van der Waals surface area contributed by atoms with Crippen molar-refractivity contribution in [2.45, 2.75) is 10.8 Å². The Kier molecular flexibility index (Phi) is 6.06. The van der Waals surface area contributed by atoms with Gasteiger partial charge in [-0.1, -0.05) is 48.5 Å². The average Bonchev–Trinajstić information content (AvgIpc) is 2.79. The number of aromatic amines is 1. The number of carbonyl (C=O) groups excluding carboxylic acids is 1. The highest BCUT2D eigenvalue weighted by Crippen LogP contribution is 2.22. The van der Waals surface area contributed by atoms with Gasteiger partial charge in [0.2, 0.25) is 0 Å². The molecule has 0 unspecified atom stereocenters. The van der Waals surface area contributed by atoms with Crippen molar-refractivity contribution in [2.75, 3.05) is 5.32 Å². The Labute approximate surface area is 178 Å². The third-order valence-corrected chi connectivity index (χ3v) is 5.46. The minimum atomic E-state index is -0.439. The first kappa shape index (κ1) is 19.7. The van der Waals surface area contributed by atoms with E-state index in [1.807, 2.05) is 66.7 Å². The molecule has 0 saturated heterocycles. The highest BCUT2D eigenvalue weighted by atomic mass is 32.2. The van der Waals surface area contributed by atoms with Gasteiger partial charge in [-0.3, -0.25) is 9.59 Å². The molecule has 0 saturated carbocycles. The summed E-state index contributed by atoms with van der Waals surface area (Å²) in [6.45, 7) is 0. The van der Waals surface area contributed by atoms with Crippen LogP contribution in [0.3, 0.4) is 0 Å². The van der Waals surface area contributed by atoms with Crippen molar-refractivity contribution >= 4 is 23.4 Å². The summed E-state index contributed by atoms with van der Waals surface area (Å²) in [4.78, 5) is 32.2. The molecule has 2 N–H and O–H groups in total. The Hall–Kier alpha value is -3.64. The lowest BCUT2D eigenvalue weighted by Crippen LogP contribution is -2.23. The van der Waals surface area contributed by atoms with Crippen LogP contribution in [0.25, 0.3) is 11.3 Å². The molecule has 0 fully saturated rings. The monoisotopic (exact) mass is 413 g/mol. The molecule has 0 spiro atoms. The van der Waals surface area contributed by atoms with Gasteiger partial charge in [0.25, 0.3) is 11.5 Å². The molecule has 4 aromatic rings. The van der Waals surface area contributed by atoms with Crippen LogP contribution < -0.4 is 10.9 Å². The summed E-state index contributed by atoms with van der Waals surface area (Å²) in [6.07, 6.45) is 1.76. The van der Waals surface area contributed by atoms with E-state index in [1.54, 1.807) is 36.2 Å². The van der Waals surface area contributed by atoms with E-state index in [-0.39, 0.29) is 5.56 Å².